The predicted octanol–water partition coefficient (Wildman–Crippen LogP) is 0.835. The van der Waals surface area contributed by atoms with Crippen molar-refractivity contribution in [3.63, 3.8) is 0 Å². The van der Waals surface area contributed by atoms with Crippen molar-refractivity contribution in [1.82, 2.24) is 0 Å². The molecule has 0 aromatic rings. The second-order valence-electron chi connectivity index (χ2n) is 4.27. The molecule has 0 saturated heterocycles. The molecule has 0 atom stereocenters. The summed E-state index contributed by atoms with van der Waals surface area (Å²) in [5.41, 5.74) is -1.56. The molecule has 0 heterocycles. The molecular weight excluding hydrogens is 242 g/mol. The van der Waals surface area contributed by atoms with E-state index in [-0.39, 0.29) is 82.6 Å². The van der Waals surface area contributed by atoms with Crippen molar-refractivity contribution < 1.29 is 19.8 Å². The van der Waals surface area contributed by atoms with E-state index >= 15 is 0 Å². The molecule has 6 heteroatoms. The third-order valence-corrected chi connectivity index (χ3v) is 3.62. The molecule has 4 nitrogen and oxygen atoms in total. The number of hydrogen-bond acceptors (Lipinski definition) is 2. The van der Waals surface area contributed by atoms with Crippen LogP contribution in [0.2, 0.25) is 0 Å². The van der Waals surface area contributed by atoms with Crippen LogP contribution in [0.15, 0.2) is 0 Å². The minimum absolute atomic E-state index is 0. The Kier molecular flexibility index (Phi) is 11.0. The molecule has 1 aliphatic carbocycles. The summed E-state index contributed by atoms with van der Waals surface area (Å²) in [5.74, 6) is -2.56. The van der Waals surface area contributed by atoms with Crippen LogP contribution in [0.4, 0.5) is 0 Å². The molecule has 0 radical (unpaired) electrons. The fraction of sp³-hybridized carbons (Fsp3) is 0.818. The van der Waals surface area contributed by atoms with Crippen molar-refractivity contribution in [2.45, 2.75) is 45.4 Å². The normalized spacial score (nSPS) is 16.5. The molecule has 1 rings (SSSR count). The van der Waals surface area contributed by atoms with Crippen molar-refractivity contribution in [3.8, 4) is 0 Å². The molecule has 1 saturated carbocycles. The van der Waals surface area contributed by atoms with Gasteiger partial charge in [0.25, 0.3) is 0 Å². The maximum absolute atomic E-state index is 11.2. The molecule has 17 heavy (non-hydrogen) atoms. The van der Waals surface area contributed by atoms with Crippen LogP contribution in [0.5, 0.6) is 0 Å². The molecule has 0 bridgehead atoms. The van der Waals surface area contributed by atoms with Crippen molar-refractivity contribution in [2.75, 3.05) is 0 Å². The van der Waals surface area contributed by atoms with Crippen LogP contribution in [0.3, 0.4) is 0 Å². The topological polar surface area (TPSA) is 74.6 Å². The monoisotopic (exact) mass is 262 g/mol. The number of hydrogen-bond donors (Lipinski definition) is 2. The molecule has 0 spiro atoms. The van der Waals surface area contributed by atoms with Gasteiger partial charge in [0.05, 0.1) is 0 Å². The van der Waals surface area contributed by atoms with Gasteiger partial charge in [0.15, 0.2) is 5.41 Å². The third kappa shape index (κ3) is 4.34. The first kappa shape index (κ1) is 20.5. The van der Waals surface area contributed by atoms with Crippen molar-refractivity contribution in [2.24, 2.45) is 11.3 Å². The summed E-state index contributed by atoms with van der Waals surface area (Å²) in [6.07, 6.45) is 4.62. The van der Waals surface area contributed by atoms with E-state index in [0.717, 1.165) is 32.1 Å². The Morgan fingerprint density at radius 2 is 1.53 bits per heavy atom. The van der Waals surface area contributed by atoms with Gasteiger partial charge in [-0.3, -0.25) is 9.59 Å². The third-order valence-electron chi connectivity index (χ3n) is 3.62. The fourth-order valence-electron chi connectivity index (χ4n) is 2.63. The zero-order valence-corrected chi connectivity index (χ0v) is 9.03. The Bertz CT molecular complexity index is 250. The molecule has 1 aliphatic rings. The summed E-state index contributed by atoms with van der Waals surface area (Å²) >= 11 is 0. The van der Waals surface area contributed by atoms with Crippen LogP contribution >= 0.6 is 0 Å². The summed E-state index contributed by atoms with van der Waals surface area (Å²) < 4.78 is 0. The Labute approximate surface area is 157 Å². The molecular formula is C11H20KLiO4. The van der Waals surface area contributed by atoms with Crippen LogP contribution in [0.1, 0.15) is 45.4 Å². The second kappa shape index (κ2) is 9.14. The number of rotatable bonds is 4. The van der Waals surface area contributed by atoms with E-state index in [1.54, 1.807) is 6.92 Å². The van der Waals surface area contributed by atoms with Crippen molar-refractivity contribution in [1.29, 1.82) is 0 Å². The first-order valence-electron chi connectivity index (χ1n) is 5.52. The molecule has 1 fully saturated rings. The maximum atomic E-state index is 11.2. The number of aliphatic carboxylic acids is 2. The van der Waals surface area contributed by atoms with E-state index in [1.165, 1.54) is 0 Å². The summed E-state index contributed by atoms with van der Waals surface area (Å²) in [7, 11) is 0. The van der Waals surface area contributed by atoms with Crippen LogP contribution in [-0.2, 0) is 9.59 Å². The first-order valence-corrected chi connectivity index (χ1v) is 5.52. The van der Waals surface area contributed by atoms with Gasteiger partial charge in [0.2, 0.25) is 0 Å². The molecule has 90 valence electrons. The Hall–Kier alpha value is 1.17. The van der Waals surface area contributed by atoms with Crippen molar-refractivity contribution >= 4 is 82.2 Å². The number of carbonyl (C=O) groups is 2. The van der Waals surface area contributed by atoms with Gasteiger partial charge in [-0.1, -0.05) is 26.2 Å². The standard InChI is InChI=1S/C11H18O4.K.Li.2H/c1-2-11(9(12)13,10(14)15)8-6-4-3-5-7-8;;;;/h8H,2-7H2,1H3,(H,12,13)(H,14,15);;;;. The summed E-state index contributed by atoms with van der Waals surface area (Å²) in [6.45, 7) is 1.65. The molecule has 0 amide bonds. The molecule has 0 unspecified atom stereocenters. The average Bonchev–Trinajstić information content (AvgIpc) is 2.20. The van der Waals surface area contributed by atoms with E-state index in [1.807, 2.05) is 0 Å². The van der Waals surface area contributed by atoms with Crippen molar-refractivity contribution in [3.05, 3.63) is 0 Å². The average molecular weight is 262 g/mol. The van der Waals surface area contributed by atoms with Gasteiger partial charge in [-0.25, -0.2) is 0 Å². The van der Waals surface area contributed by atoms with Crippen LogP contribution < -0.4 is 0 Å². The van der Waals surface area contributed by atoms with Gasteiger partial charge >= 0.3 is 82.2 Å². The summed E-state index contributed by atoms with van der Waals surface area (Å²) in [4.78, 5) is 22.4. The zero-order valence-electron chi connectivity index (χ0n) is 9.03. The number of carboxylic acid groups (broad SMARTS) is 2. The van der Waals surface area contributed by atoms with Gasteiger partial charge in [-0.05, 0) is 25.2 Å². The van der Waals surface area contributed by atoms with Gasteiger partial charge in [-0.2, -0.15) is 0 Å². The fourth-order valence-corrected chi connectivity index (χ4v) is 2.63. The Morgan fingerprint density at radius 1 is 1.12 bits per heavy atom. The Balaban J connectivity index is 0. The van der Waals surface area contributed by atoms with Gasteiger partial charge in [0.1, 0.15) is 0 Å². The number of carboxylic acids is 2. The summed E-state index contributed by atoms with van der Waals surface area (Å²) in [5, 5.41) is 18.3. The van der Waals surface area contributed by atoms with Gasteiger partial charge in [0, 0.05) is 0 Å². The zero-order chi connectivity index (χ0) is 11.5. The predicted molar refractivity (Wildman–Crippen MR) is 68.9 cm³/mol. The quantitative estimate of drug-likeness (QED) is 0.581. The SMILES string of the molecule is CCC(C(=O)O)(C(=O)O)C1CCCCC1.[KH].[LiH]. The molecule has 0 aliphatic heterocycles. The van der Waals surface area contributed by atoms with E-state index in [4.69, 9.17) is 10.2 Å². The van der Waals surface area contributed by atoms with Crippen LogP contribution in [0, 0.1) is 11.3 Å². The second-order valence-corrected chi connectivity index (χ2v) is 4.27. The van der Waals surface area contributed by atoms with Crippen LogP contribution in [-0.4, -0.2) is 92.4 Å². The van der Waals surface area contributed by atoms with Gasteiger partial charge in [-0.15, -0.1) is 0 Å². The summed E-state index contributed by atoms with van der Waals surface area (Å²) in [6, 6.07) is 0. The minimum atomic E-state index is -1.56. The van der Waals surface area contributed by atoms with E-state index in [9.17, 15) is 9.59 Å². The van der Waals surface area contributed by atoms with E-state index in [0.29, 0.717) is 0 Å². The molecule has 0 aromatic carbocycles. The molecule has 0 aromatic heterocycles. The van der Waals surface area contributed by atoms with Crippen LogP contribution in [0.25, 0.3) is 0 Å². The van der Waals surface area contributed by atoms with E-state index in [2.05, 4.69) is 0 Å². The van der Waals surface area contributed by atoms with E-state index < -0.39 is 17.4 Å². The first-order chi connectivity index (χ1) is 7.05. The van der Waals surface area contributed by atoms with Gasteiger partial charge < -0.3 is 10.2 Å². The Morgan fingerprint density at radius 3 is 1.82 bits per heavy atom. The molecule has 2 N–H and O–H groups in total.